The molecular weight excluding hydrogens is 334 g/mol. The van der Waals surface area contributed by atoms with Crippen molar-refractivity contribution in [3.63, 3.8) is 0 Å². The number of nitrogens with one attached hydrogen (secondary N) is 1. The minimum Gasteiger partial charge on any atom is -0.352 e. The number of nitrogens with zero attached hydrogens (tertiary/aromatic N) is 2. The molecule has 4 rings (SSSR count). The lowest BCUT2D eigenvalue weighted by Crippen LogP contribution is -2.31. The molecule has 2 aromatic rings. The van der Waals surface area contributed by atoms with E-state index in [4.69, 9.17) is 0 Å². The Labute approximate surface area is 151 Å². The second-order valence-corrected chi connectivity index (χ2v) is 8.02. The Morgan fingerprint density at radius 2 is 2.16 bits per heavy atom. The van der Waals surface area contributed by atoms with Gasteiger partial charge in [-0.15, -0.1) is 11.3 Å². The van der Waals surface area contributed by atoms with Gasteiger partial charge in [-0.25, -0.2) is 0 Å². The van der Waals surface area contributed by atoms with Crippen LogP contribution >= 0.6 is 11.3 Å². The summed E-state index contributed by atoms with van der Waals surface area (Å²) < 4.78 is 0. The zero-order valence-electron chi connectivity index (χ0n) is 14.2. The van der Waals surface area contributed by atoms with Crippen LogP contribution in [-0.4, -0.2) is 34.8 Å². The number of aromatic nitrogens is 1. The summed E-state index contributed by atoms with van der Waals surface area (Å²) in [5, 5.41) is 4.98. The van der Waals surface area contributed by atoms with Crippen LogP contribution in [0, 0.1) is 18.3 Å². The average molecular weight is 355 g/mol. The minimum absolute atomic E-state index is 0.00313. The van der Waals surface area contributed by atoms with Crippen LogP contribution < -0.4 is 5.32 Å². The molecule has 25 heavy (non-hydrogen) atoms. The fraction of sp³-hybridized carbons (Fsp3) is 0.421. The van der Waals surface area contributed by atoms with Crippen molar-refractivity contribution in [3.05, 3.63) is 52.0 Å². The van der Waals surface area contributed by atoms with Crippen LogP contribution in [0.2, 0.25) is 0 Å². The SMILES string of the molecule is Cc1ccsc1C(=O)N1CC[C@@]2(C[C@@H]2C(=O)NCc2ccncc2)C1. The van der Waals surface area contributed by atoms with Crippen LogP contribution in [0.15, 0.2) is 36.0 Å². The third kappa shape index (κ3) is 3.06. The number of pyridine rings is 1. The molecule has 1 aliphatic heterocycles. The highest BCUT2D eigenvalue weighted by Gasteiger charge is 2.61. The van der Waals surface area contributed by atoms with Crippen molar-refractivity contribution in [1.82, 2.24) is 15.2 Å². The number of aryl methyl sites for hydroxylation is 1. The van der Waals surface area contributed by atoms with Gasteiger partial charge in [0.25, 0.3) is 5.91 Å². The van der Waals surface area contributed by atoms with E-state index in [-0.39, 0.29) is 23.1 Å². The summed E-state index contributed by atoms with van der Waals surface area (Å²) in [6.07, 6.45) is 5.28. The number of likely N-dealkylation sites (tertiary alicyclic amines) is 1. The Bertz CT molecular complexity index is 804. The molecule has 2 fully saturated rings. The molecule has 1 spiro atoms. The van der Waals surface area contributed by atoms with Crippen LogP contribution in [0.5, 0.6) is 0 Å². The van der Waals surface area contributed by atoms with E-state index in [9.17, 15) is 9.59 Å². The van der Waals surface area contributed by atoms with Crippen LogP contribution in [0.4, 0.5) is 0 Å². The molecule has 0 unspecified atom stereocenters. The summed E-state index contributed by atoms with van der Waals surface area (Å²) >= 11 is 1.50. The van der Waals surface area contributed by atoms with Crippen LogP contribution in [0.3, 0.4) is 0 Å². The molecule has 1 saturated heterocycles. The fourth-order valence-corrected chi connectivity index (χ4v) is 4.68. The summed E-state index contributed by atoms with van der Waals surface area (Å²) in [5.74, 6) is 0.266. The second kappa shape index (κ2) is 6.26. The highest BCUT2D eigenvalue weighted by Crippen LogP contribution is 2.58. The fourth-order valence-electron chi connectivity index (χ4n) is 3.79. The standard InChI is InChI=1S/C19H21N3O2S/c1-13-4-9-25-16(13)18(24)22-8-5-19(12-22)10-15(19)17(23)21-11-14-2-6-20-7-3-14/h2-4,6-7,9,15H,5,8,10-12H2,1H3,(H,21,23)/t15-,19-/m1/s1. The Morgan fingerprint density at radius 1 is 1.36 bits per heavy atom. The monoisotopic (exact) mass is 355 g/mol. The number of hydrogen-bond donors (Lipinski definition) is 1. The molecular formula is C19H21N3O2S. The van der Waals surface area contributed by atoms with Gasteiger partial charge in [0.15, 0.2) is 0 Å². The van der Waals surface area contributed by atoms with Crippen molar-refractivity contribution in [2.75, 3.05) is 13.1 Å². The van der Waals surface area contributed by atoms with E-state index in [1.54, 1.807) is 12.4 Å². The van der Waals surface area contributed by atoms with E-state index in [0.717, 1.165) is 35.4 Å². The topological polar surface area (TPSA) is 62.3 Å². The Morgan fingerprint density at radius 3 is 2.88 bits per heavy atom. The van der Waals surface area contributed by atoms with Gasteiger partial charge in [-0.1, -0.05) is 0 Å². The van der Waals surface area contributed by atoms with Crippen LogP contribution in [0.1, 0.15) is 33.6 Å². The molecule has 2 aromatic heterocycles. The third-order valence-electron chi connectivity index (χ3n) is 5.45. The molecule has 6 heteroatoms. The lowest BCUT2D eigenvalue weighted by molar-refractivity contribution is -0.123. The number of carbonyl (C=O) groups excluding carboxylic acids is 2. The smallest absolute Gasteiger partial charge is 0.264 e. The zero-order chi connectivity index (χ0) is 17.4. The maximum Gasteiger partial charge on any atom is 0.264 e. The molecule has 0 aromatic carbocycles. The number of hydrogen-bond acceptors (Lipinski definition) is 4. The van der Waals surface area contributed by atoms with Gasteiger partial charge in [-0.05, 0) is 54.5 Å². The largest absolute Gasteiger partial charge is 0.352 e. The molecule has 1 aliphatic carbocycles. The van der Waals surface area contributed by atoms with Gasteiger partial charge in [-0.2, -0.15) is 0 Å². The van der Waals surface area contributed by atoms with Gasteiger partial charge in [0, 0.05) is 43.4 Å². The molecule has 0 radical (unpaired) electrons. The van der Waals surface area contributed by atoms with E-state index in [0.29, 0.717) is 13.1 Å². The Balaban J connectivity index is 1.34. The predicted molar refractivity (Wildman–Crippen MR) is 96.2 cm³/mol. The van der Waals surface area contributed by atoms with Gasteiger partial charge in [0.1, 0.15) is 0 Å². The maximum atomic E-state index is 12.7. The van der Waals surface area contributed by atoms with Gasteiger partial charge in [0.2, 0.25) is 5.91 Å². The molecule has 2 amide bonds. The second-order valence-electron chi connectivity index (χ2n) is 7.10. The van der Waals surface area contributed by atoms with Gasteiger partial charge >= 0.3 is 0 Å². The lowest BCUT2D eigenvalue weighted by Gasteiger charge is -2.16. The van der Waals surface area contributed by atoms with E-state index in [1.807, 2.05) is 35.4 Å². The molecule has 1 N–H and O–H groups in total. The lowest BCUT2D eigenvalue weighted by atomic mass is 10.0. The van der Waals surface area contributed by atoms with E-state index >= 15 is 0 Å². The normalized spacial score (nSPS) is 24.5. The molecule has 130 valence electrons. The Hall–Kier alpha value is -2.21. The first kappa shape index (κ1) is 16.3. The van der Waals surface area contributed by atoms with Crippen molar-refractivity contribution < 1.29 is 9.59 Å². The zero-order valence-corrected chi connectivity index (χ0v) is 15.0. The van der Waals surface area contributed by atoms with Crippen molar-refractivity contribution in [3.8, 4) is 0 Å². The highest BCUT2D eigenvalue weighted by molar-refractivity contribution is 7.12. The maximum absolute atomic E-state index is 12.7. The number of rotatable bonds is 4. The van der Waals surface area contributed by atoms with E-state index < -0.39 is 0 Å². The first-order valence-corrected chi connectivity index (χ1v) is 9.47. The van der Waals surface area contributed by atoms with Crippen molar-refractivity contribution >= 4 is 23.2 Å². The van der Waals surface area contributed by atoms with Crippen LogP contribution in [-0.2, 0) is 11.3 Å². The molecule has 1 saturated carbocycles. The molecule has 0 bridgehead atoms. The molecule has 5 nitrogen and oxygen atoms in total. The van der Waals surface area contributed by atoms with Gasteiger partial charge in [0.05, 0.1) is 4.88 Å². The minimum atomic E-state index is 0.00313. The summed E-state index contributed by atoms with van der Waals surface area (Å²) in [6.45, 7) is 3.97. The first-order chi connectivity index (χ1) is 12.1. The average Bonchev–Trinajstić information content (AvgIpc) is 2.93. The van der Waals surface area contributed by atoms with Crippen molar-refractivity contribution in [1.29, 1.82) is 0 Å². The molecule has 2 atom stereocenters. The summed E-state index contributed by atoms with van der Waals surface area (Å²) in [7, 11) is 0. The summed E-state index contributed by atoms with van der Waals surface area (Å²) in [5.41, 5.74) is 2.09. The van der Waals surface area contributed by atoms with Gasteiger partial charge in [-0.3, -0.25) is 14.6 Å². The third-order valence-corrected chi connectivity index (χ3v) is 6.46. The number of amides is 2. The van der Waals surface area contributed by atoms with Gasteiger partial charge < -0.3 is 10.2 Å². The first-order valence-electron chi connectivity index (χ1n) is 8.59. The van der Waals surface area contributed by atoms with Crippen molar-refractivity contribution in [2.45, 2.75) is 26.3 Å². The highest BCUT2D eigenvalue weighted by atomic mass is 32.1. The quantitative estimate of drug-likeness (QED) is 0.917. The number of thiophene rings is 1. The van der Waals surface area contributed by atoms with E-state index in [2.05, 4.69) is 10.3 Å². The molecule has 2 aliphatic rings. The summed E-state index contributed by atoms with van der Waals surface area (Å²) in [6, 6.07) is 5.79. The van der Waals surface area contributed by atoms with Crippen molar-refractivity contribution in [2.24, 2.45) is 11.3 Å². The predicted octanol–water partition coefficient (Wildman–Crippen LogP) is 2.62. The summed E-state index contributed by atoms with van der Waals surface area (Å²) in [4.78, 5) is 31.9. The Kier molecular flexibility index (Phi) is 4.07. The van der Waals surface area contributed by atoms with Crippen LogP contribution in [0.25, 0.3) is 0 Å². The van der Waals surface area contributed by atoms with E-state index in [1.165, 1.54) is 11.3 Å². The number of carbonyl (C=O) groups is 2. The molecule has 3 heterocycles.